The van der Waals surface area contributed by atoms with Gasteiger partial charge in [0.1, 0.15) is 17.9 Å². The summed E-state index contributed by atoms with van der Waals surface area (Å²) in [6, 6.07) is 27.5. The van der Waals surface area contributed by atoms with Crippen LogP contribution in [0.3, 0.4) is 0 Å². The number of aryl methyl sites for hydroxylation is 1. The SMILES string of the molecule is Cc1ccc(C2(C)NC(=O)N(CC(=O)Nc3cc(-c4ccccc4)nn3-c3ccccc3)C2=O)cc1. The number of amides is 4. The minimum atomic E-state index is -1.24. The van der Waals surface area contributed by atoms with Crippen LogP contribution < -0.4 is 10.6 Å². The maximum atomic E-state index is 13.2. The van der Waals surface area contributed by atoms with Gasteiger partial charge >= 0.3 is 6.03 Å². The molecule has 1 aromatic heterocycles. The molecule has 8 nitrogen and oxygen atoms in total. The summed E-state index contributed by atoms with van der Waals surface area (Å²) in [5.41, 5.74) is 2.79. The van der Waals surface area contributed by atoms with E-state index >= 15 is 0 Å². The van der Waals surface area contributed by atoms with Crippen molar-refractivity contribution in [3.8, 4) is 16.9 Å². The first kappa shape index (κ1) is 23.0. The molecule has 0 radical (unpaired) electrons. The lowest BCUT2D eigenvalue weighted by Gasteiger charge is -2.22. The Morgan fingerprint density at radius 1 is 0.944 bits per heavy atom. The molecular weight excluding hydrogens is 454 g/mol. The summed E-state index contributed by atoms with van der Waals surface area (Å²) in [4.78, 5) is 39.9. The number of carbonyl (C=O) groups is 3. The zero-order chi connectivity index (χ0) is 25.3. The molecule has 2 N–H and O–H groups in total. The predicted molar refractivity (Wildman–Crippen MR) is 136 cm³/mol. The monoisotopic (exact) mass is 479 g/mol. The number of hydrogen-bond acceptors (Lipinski definition) is 4. The summed E-state index contributed by atoms with van der Waals surface area (Å²) in [5.74, 6) is -0.560. The lowest BCUT2D eigenvalue weighted by atomic mass is 9.91. The number of hydrogen-bond donors (Lipinski definition) is 2. The first-order valence-corrected chi connectivity index (χ1v) is 11.6. The number of urea groups is 1. The Hall–Kier alpha value is -4.72. The highest BCUT2D eigenvalue weighted by Crippen LogP contribution is 2.29. The van der Waals surface area contributed by atoms with Crippen LogP contribution in [0, 0.1) is 6.92 Å². The molecule has 8 heteroatoms. The Kier molecular flexibility index (Phi) is 5.85. The van der Waals surface area contributed by atoms with Gasteiger partial charge in [-0.15, -0.1) is 0 Å². The van der Waals surface area contributed by atoms with E-state index in [1.807, 2.05) is 79.7 Å². The van der Waals surface area contributed by atoms with Gasteiger partial charge in [0, 0.05) is 11.6 Å². The fourth-order valence-corrected chi connectivity index (χ4v) is 4.24. The lowest BCUT2D eigenvalue weighted by Crippen LogP contribution is -2.42. The van der Waals surface area contributed by atoms with E-state index in [1.165, 1.54) is 0 Å². The van der Waals surface area contributed by atoms with Crippen LogP contribution in [-0.4, -0.2) is 39.1 Å². The molecule has 3 aromatic carbocycles. The Balaban J connectivity index is 1.39. The molecule has 180 valence electrons. The Bertz CT molecular complexity index is 1430. The number of anilines is 1. The third kappa shape index (κ3) is 4.24. The molecule has 4 amide bonds. The smallest absolute Gasteiger partial charge is 0.319 e. The second-order valence-corrected chi connectivity index (χ2v) is 8.89. The number of para-hydroxylation sites is 1. The van der Waals surface area contributed by atoms with Gasteiger partial charge in [0.25, 0.3) is 5.91 Å². The van der Waals surface area contributed by atoms with Crippen LogP contribution in [0.2, 0.25) is 0 Å². The second kappa shape index (κ2) is 9.14. The molecule has 1 aliphatic rings. The third-order valence-electron chi connectivity index (χ3n) is 6.25. The van der Waals surface area contributed by atoms with Crippen LogP contribution in [0.15, 0.2) is 91.0 Å². The molecule has 0 spiro atoms. The van der Waals surface area contributed by atoms with Crippen molar-refractivity contribution in [1.82, 2.24) is 20.0 Å². The van der Waals surface area contributed by atoms with E-state index in [2.05, 4.69) is 15.7 Å². The molecule has 1 aliphatic heterocycles. The summed E-state index contributed by atoms with van der Waals surface area (Å²) >= 11 is 0. The summed E-state index contributed by atoms with van der Waals surface area (Å²) < 4.78 is 1.63. The predicted octanol–water partition coefficient (Wildman–Crippen LogP) is 4.25. The van der Waals surface area contributed by atoms with Crippen LogP contribution in [0.25, 0.3) is 16.9 Å². The number of nitrogens with one attached hydrogen (secondary N) is 2. The van der Waals surface area contributed by atoms with Gasteiger partial charge in [-0.2, -0.15) is 5.10 Å². The standard InChI is InChI=1S/C28H25N5O3/c1-19-13-15-21(16-14-19)28(2)26(35)32(27(36)30-28)18-25(34)29-24-17-23(20-9-5-3-6-10-20)31-33(24)22-11-7-4-8-12-22/h3-17H,18H2,1-2H3,(H,29,34)(H,30,36). The van der Waals surface area contributed by atoms with Crippen molar-refractivity contribution in [2.75, 3.05) is 11.9 Å². The molecule has 4 aromatic rings. The van der Waals surface area contributed by atoms with Gasteiger partial charge in [-0.1, -0.05) is 78.4 Å². The molecule has 1 atom stereocenters. The molecule has 5 rings (SSSR count). The Labute approximate surface area is 208 Å². The van der Waals surface area contributed by atoms with E-state index in [4.69, 9.17) is 0 Å². The highest BCUT2D eigenvalue weighted by molar-refractivity contribution is 6.10. The highest BCUT2D eigenvalue weighted by atomic mass is 16.2. The molecule has 1 saturated heterocycles. The van der Waals surface area contributed by atoms with Crippen LogP contribution in [-0.2, 0) is 15.1 Å². The van der Waals surface area contributed by atoms with Crippen molar-refractivity contribution in [2.45, 2.75) is 19.4 Å². The maximum Gasteiger partial charge on any atom is 0.325 e. The number of benzene rings is 3. The number of imide groups is 1. The molecule has 0 saturated carbocycles. The van der Waals surface area contributed by atoms with Gasteiger partial charge in [0.15, 0.2) is 0 Å². The molecule has 0 aliphatic carbocycles. The number of nitrogens with zero attached hydrogens (tertiary/aromatic N) is 3. The van der Waals surface area contributed by atoms with E-state index in [9.17, 15) is 14.4 Å². The molecule has 36 heavy (non-hydrogen) atoms. The van der Waals surface area contributed by atoms with E-state index < -0.39 is 29.9 Å². The summed E-state index contributed by atoms with van der Waals surface area (Å²) in [6.45, 7) is 3.17. The first-order valence-electron chi connectivity index (χ1n) is 11.6. The topological polar surface area (TPSA) is 96.3 Å². The minimum absolute atomic E-state index is 0.424. The van der Waals surface area contributed by atoms with Crippen LogP contribution in [0.5, 0.6) is 0 Å². The van der Waals surface area contributed by atoms with Crippen LogP contribution in [0.4, 0.5) is 10.6 Å². The average Bonchev–Trinajstić information content (AvgIpc) is 3.40. The summed E-state index contributed by atoms with van der Waals surface area (Å²) in [5, 5.41) is 10.2. The Morgan fingerprint density at radius 3 is 2.25 bits per heavy atom. The molecule has 2 heterocycles. The summed E-state index contributed by atoms with van der Waals surface area (Å²) in [7, 11) is 0. The average molecular weight is 480 g/mol. The van der Waals surface area contributed by atoms with Gasteiger partial charge < -0.3 is 10.6 Å². The van der Waals surface area contributed by atoms with Crippen molar-refractivity contribution >= 4 is 23.7 Å². The third-order valence-corrected chi connectivity index (χ3v) is 6.25. The van der Waals surface area contributed by atoms with Crippen molar-refractivity contribution < 1.29 is 14.4 Å². The van der Waals surface area contributed by atoms with Crippen molar-refractivity contribution in [2.24, 2.45) is 0 Å². The molecule has 1 unspecified atom stereocenters. The Morgan fingerprint density at radius 2 is 1.58 bits per heavy atom. The van der Waals surface area contributed by atoms with Gasteiger partial charge in [0.2, 0.25) is 5.91 Å². The van der Waals surface area contributed by atoms with E-state index in [0.717, 1.165) is 21.7 Å². The molecular formula is C28H25N5O3. The van der Waals surface area contributed by atoms with Gasteiger partial charge in [-0.3, -0.25) is 14.5 Å². The number of rotatable bonds is 6. The largest absolute Gasteiger partial charge is 0.325 e. The minimum Gasteiger partial charge on any atom is -0.319 e. The van der Waals surface area contributed by atoms with E-state index in [-0.39, 0.29) is 0 Å². The highest BCUT2D eigenvalue weighted by Gasteiger charge is 2.49. The quantitative estimate of drug-likeness (QED) is 0.404. The number of aromatic nitrogens is 2. The van der Waals surface area contributed by atoms with Gasteiger partial charge in [-0.25, -0.2) is 9.48 Å². The molecule has 1 fully saturated rings. The maximum absolute atomic E-state index is 13.2. The van der Waals surface area contributed by atoms with Crippen molar-refractivity contribution in [3.05, 3.63) is 102 Å². The number of carbonyl (C=O) groups excluding carboxylic acids is 3. The van der Waals surface area contributed by atoms with Crippen LogP contribution >= 0.6 is 0 Å². The van der Waals surface area contributed by atoms with Crippen molar-refractivity contribution in [1.29, 1.82) is 0 Å². The fraction of sp³-hybridized carbons (Fsp3) is 0.143. The van der Waals surface area contributed by atoms with E-state index in [0.29, 0.717) is 17.1 Å². The van der Waals surface area contributed by atoms with Gasteiger partial charge in [-0.05, 0) is 31.5 Å². The summed E-state index contributed by atoms with van der Waals surface area (Å²) in [6.07, 6.45) is 0. The fourth-order valence-electron chi connectivity index (χ4n) is 4.24. The lowest BCUT2D eigenvalue weighted by molar-refractivity contribution is -0.133. The second-order valence-electron chi connectivity index (χ2n) is 8.89. The first-order chi connectivity index (χ1) is 17.3. The van der Waals surface area contributed by atoms with Crippen molar-refractivity contribution in [3.63, 3.8) is 0 Å². The molecule has 0 bridgehead atoms. The van der Waals surface area contributed by atoms with Crippen LogP contribution in [0.1, 0.15) is 18.1 Å². The zero-order valence-electron chi connectivity index (χ0n) is 19.9. The normalized spacial score (nSPS) is 17.2. The van der Waals surface area contributed by atoms with Gasteiger partial charge in [0.05, 0.1) is 11.4 Å². The van der Waals surface area contributed by atoms with E-state index in [1.54, 1.807) is 29.8 Å². The zero-order valence-corrected chi connectivity index (χ0v) is 19.9.